The highest BCUT2D eigenvalue weighted by Gasteiger charge is 2.71. The van der Waals surface area contributed by atoms with Gasteiger partial charge in [0.05, 0.1) is 43.2 Å². The number of imide groups is 1. The van der Waals surface area contributed by atoms with E-state index in [0.717, 1.165) is 4.90 Å². The van der Waals surface area contributed by atoms with Crippen LogP contribution in [0, 0.1) is 22.0 Å². The van der Waals surface area contributed by atoms with Crippen LogP contribution in [0.5, 0.6) is 5.75 Å². The lowest BCUT2D eigenvalue weighted by Crippen LogP contribution is -2.49. The Hall–Kier alpha value is -2.82. The van der Waals surface area contributed by atoms with Gasteiger partial charge in [0.25, 0.3) is 5.69 Å². The summed E-state index contributed by atoms with van der Waals surface area (Å²) >= 11 is 0. The molecule has 0 radical (unpaired) electrons. The largest absolute Gasteiger partial charge is 0.495 e. The molecule has 5 rings (SSSR count). The van der Waals surface area contributed by atoms with Crippen LogP contribution in [-0.2, 0) is 23.8 Å². The number of amides is 2. The molecule has 0 spiro atoms. The average molecular weight is 388 g/mol. The molecule has 2 bridgehead atoms. The van der Waals surface area contributed by atoms with Gasteiger partial charge in [-0.15, -0.1) is 0 Å². The molecule has 0 saturated carbocycles. The SMILES string of the molecule is COc1ccc([N+](=O)[O-])cc1N1C(=O)[C@H]2[C@H]3C=C[C@@](C4OCCO4)(O3)[C@H]2C1=O. The molecule has 4 heterocycles. The van der Waals surface area contributed by atoms with Crippen molar-refractivity contribution in [3.63, 3.8) is 0 Å². The van der Waals surface area contributed by atoms with Crippen LogP contribution >= 0.6 is 0 Å². The first-order valence-electron chi connectivity index (χ1n) is 8.78. The Labute approximate surface area is 158 Å². The van der Waals surface area contributed by atoms with E-state index >= 15 is 0 Å². The number of anilines is 1. The number of nitro groups is 1. The van der Waals surface area contributed by atoms with Gasteiger partial charge in [0.2, 0.25) is 11.8 Å². The van der Waals surface area contributed by atoms with Crippen LogP contribution in [0.15, 0.2) is 30.4 Å². The summed E-state index contributed by atoms with van der Waals surface area (Å²) in [5.41, 5.74) is -1.38. The summed E-state index contributed by atoms with van der Waals surface area (Å²) in [5.74, 6) is -2.38. The van der Waals surface area contributed by atoms with E-state index in [9.17, 15) is 19.7 Å². The summed E-state index contributed by atoms with van der Waals surface area (Å²) < 4.78 is 22.4. The fourth-order valence-electron chi connectivity index (χ4n) is 4.53. The molecule has 1 aromatic carbocycles. The number of carbonyl (C=O) groups is 2. The van der Waals surface area contributed by atoms with Crippen molar-refractivity contribution < 1.29 is 33.5 Å². The van der Waals surface area contributed by atoms with Crippen molar-refractivity contribution in [2.75, 3.05) is 25.2 Å². The zero-order chi connectivity index (χ0) is 19.6. The van der Waals surface area contributed by atoms with Gasteiger partial charge in [0.15, 0.2) is 11.9 Å². The van der Waals surface area contributed by atoms with Gasteiger partial charge in [-0.2, -0.15) is 0 Å². The Bertz CT molecular complexity index is 924. The molecule has 4 atom stereocenters. The fourth-order valence-corrected chi connectivity index (χ4v) is 4.53. The number of methoxy groups -OCH3 is 1. The molecule has 4 aliphatic heterocycles. The van der Waals surface area contributed by atoms with Crippen molar-refractivity contribution in [2.45, 2.75) is 18.0 Å². The summed E-state index contributed by atoms with van der Waals surface area (Å²) in [6.07, 6.45) is 2.11. The highest BCUT2D eigenvalue weighted by Crippen LogP contribution is 2.55. The molecule has 0 aromatic heterocycles. The Morgan fingerprint density at radius 2 is 2.00 bits per heavy atom. The van der Waals surface area contributed by atoms with Crippen molar-refractivity contribution >= 4 is 23.2 Å². The van der Waals surface area contributed by atoms with Gasteiger partial charge in [-0.1, -0.05) is 6.08 Å². The van der Waals surface area contributed by atoms with E-state index in [1.165, 1.54) is 25.3 Å². The number of ether oxygens (including phenoxy) is 4. The number of non-ortho nitro benzene ring substituents is 1. The smallest absolute Gasteiger partial charge is 0.271 e. The Balaban J connectivity index is 1.59. The van der Waals surface area contributed by atoms with Crippen molar-refractivity contribution in [3.8, 4) is 5.75 Å². The van der Waals surface area contributed by atoms with Crippen LogP contribution in [-0.4, -0.2) is 55.1 Å². The van der Waals surface area contributed by atoms with Gasteiger partial charge in [-0.25, -0.2) is 4.90 Å². The first kappa shape index (κ1) is 17.3. The highest BCUT2D eigenvalue weighted by atomic mass is 16.7. The van der Waals surface area contributed by atoms with Crippen molar-refractivity contribution in [3.05, 3.63) is 40.5 Å². The molecular weight excluding hydrogens is 372 g/mol. The van der Waals surface area contributed by atoms with Crippen LogP contribution in [0.2, 0.25) is 0 Å². The third-order valence-corrected chi connectivity index (χ3v) is 5.68. The lowest BCUT2D eigenvalue weighted by molar-refractivity contribution is -0.384. The number of benzene rings is 1. The average Bonchev–Trinajstić information content (AvgIpc) is 3.45. The molecule has 3 saturated heterocycles. The second-order valence-electron chi connectivity index (χ2n) is 7.00. The van der Waals surface area contributed by atoms with Gasteiger partial charge in [0.1, 0.15) is 11.4 Å². The minimum absolute atomic E-state index is 0.0453. The predicted octanol–water partition coefficient (Wildman–Crippen LogP) is 0.789. The van der Waals surface area contributed by atoms with Crippen LogP contribution in [0.4, 0.5) is 11.4 Å². The Morgan fingerprint density at radius 1 is 1.25 bits per heavy atom. The minimum Gasteiger partial charge on any atom is -0.495 e. The molecular formula is C18H16N2O8. The standard InChI is InChI=1S/C18H16N2O8/c1-25-11-3-2-9(20(23)24)8-10(11)19-15(21)13-12-4-5-18(28-12,14(13)16(19)22)17-26-6-7-27-17/h2-5,8,12-14,17H,6-7H2,1H3/t12-,13+,14-,18-/m1/s1. The quantitative estimate of drug-likeness (QED) is 0.322. The number of nitro benzene ring substituents is 1. The second-order valence-corrected chi connectivity index (χ2v) is 7.00. The fraction of sp³-hybridized carbons (Fsp3) is 0.444. The maximum Gasteiger partial charge on any atom is 0.271 e. The van der Waals surface area contributed by atoms with Crippen molar-refractivity contribution in [1.82, 2.24) is 0 Å². The summed E-state index contributed by atoms with van der Waals surface area (Å²) in [7, 11) is 1.37. The Kier molecular flexibility index (Phi) is 3.60. The van der Waals surface area contributed by atoms with Gasteiger partial charge in [-0.05, 0) is 12.1 Å². The van der Waals surface area contributed by atoms with E-state index in [1.807, 2.05) is 0 Å². The highest BCUT2D eigenvalue weighted by molar-refractivity contribution is 6.24. The first-order chi connectivity index (χ1) is 13.5. The van der Waals surface area contributed by atoms with Gasteiger partial charge in [-0.3, -0.25) is 19.7 Å². The van der Waals surface area contributed by atoms with E-state index in [2.05, 4.69) is 0 Å². The zero-order valence-corrected chi connectivity index (χ0v) is 14.8. The van der Waals surface area contributed by atoms with Crippen molar-refractivity contribution in [1.29, 1.82) is 0 Å². The minimum atomic E-state index is -1.18. The summed E-state index contributed by atoms with van der Waals surface area (Å²) in [6, 6.07) is 3.79. The summed E-state index contributed by atoms with van der Waals surface area (Å²) in [6.45, 7) is 0.743. The lowest BCUT2D eigenvalue weighted by Gasteiger charge is -2.32. The molecule has 10 heteroatoms. The molecule has 4 aliphatic rings. The number of fused-ring (bicyclic) bond motifs is 5. The topological polar surface area (TPSA) is 117 Å². The van der Waals surface area contributed by atoms with Crippen LogP contribution < -0.4 is 9.64 Å². The molecule has 146 valence electrons. The molecule has 2 amide bonds. The molecule has 0 N–H and O–H groups in total. The molecule has 10 nitrogen and oxygen atoms in total. The molecule has 1 aromatic rings. The van der Waals surface area contributed by atoms with E-state index in [-0.39, 0.29) is 17.1 Å². The number of hydrogen-bond acceptors (Lipinski definition) is 8. The van der Waals surface area contributed by atoms with E-state index in [1.54, 1.807) is 12.2 Å². The first-order valence-corrected chi connectivity index (χ1v) is 8.78. The van der Waals surface area contributed by atoms with Gasteiger partial charge in [0, 0.05) is 12.1 Å². The number of rotatable bonds is 4. The number of nitrogens with zero attached hydrogens (tertiary/aromatic N) is 2. The maximum atomic E-state index is 13.4. The zero-order valence-electron chi connectivity index (χ0n) is 14.8. The van der Waals surface area contributed by atoms with E-state index < -0.39 is 46.6 Å². The van der Waals surface area contributed by atoms with Crippen LogP contribution in [0.1, 0.15) is 0 Å². The van der Waals surface area contributed by atoms with E-state index in [4.69, 9.17) is 18.9 Å². The van der Waals surface area contributed by atoms with Crippen LogP contribution in [0.3, 0.4) is 0 Å². The van der Waals surface area contributed by atoms with Gasteiger partial charge < -0.3 is 18.9 Å². The third-order valence-electron chi connectivity index (χ3n) is 5.68. The third kappa shape index (κ3) is 2.07. The second kappa shape index (κ2) is 5.84. The normalized spacial score (nSPS) is 33.8. The molecule has 0 aliphatic carbocycles. The molecule has 0 unspecified atom stereocenters. The van der Waals surface area contributed by atoms with E-state index in [0.29, 0.717) is 13.2 Å². The molecule has 3 fully saturated rings. The van der Waals surface area contributed by atoms with Gasteiger partial charge >= 0.3 is 0 Å². The number of hydrogen-bond donors (Lipinski definition) is 0. The maximum absolute atomic E-state index is 13.4. The number of carbonyl (C=O) groups excluding carboxylic acids is 2. The predicted molar refractivity (Wildman–Crippen MR) is 91.6 cm³/mol. The summed E-state index contributed by atoms with van der Waals surface area (Å²) in [5, 5.41) is 11.2. The van der Waals surface area contributed by atoms with Crippen LogP contribution in [0.25, 0.3) is 0 Å². The van der Waals surface area contributed by atoms with Crippen molar-refractivity contribution in [2.24, 2.45) is 11.8 Å². The lowest BCUT2D eigenvalue weighted by atomic mass is 9.76. The molecule has 28 heavy (non-hydrogen) atoms. The monoisotopic (exact) mass is 388 g/mol. The summed E-state index contributed by atoms with van der Waals surface area (Å²) in [4.78, 5) is 38.1. The Morgan fingerprint density at radius 3 is 2.68 bits per heavy atom.